The fourth-order valence-corrected chi connectivity index (χ4v) is 2.71. The first-order valence-corrected chi connectivity index (χ1v) is 6.89. The molecule has 0 aliphatic carbocycles. The number of carbonyl (C=O) groups excluding carboxylic acids is 1. The molecule has 18 heavy (non-hydrogen) atoms. The summed E-state index contributed by atoms with van der Waals surface area (Å²) in [6.07, 6.45) is 2.55. The van der Waals surface area contributed by atoms with Crippen LogP contribution in [0.4, 0.5) is 0 Å². The molecule has 1 amide bonds. The van der Waals surface area contributed by atoms with Gasteiger partial charge in [0.15, 0.2) is 0 Å². The highest BCUT2D eigenvalue weighted by molar-refractivity contribution is 5.83. The summed E-state index contributed by atoms with van der Waals surface area (Å²) in [6.45, 7) is 8.09. The quantitative estimate of drug-likeness (QED) is 0.739. The van der Waals surface area contributed by atoms with Crippen molar-refractivity contribution >= 4 is 5.91 Å². The van der Waals surface area contributed by atoms with Crippen molar-refractivity contribution in [2.45, 2.75) is 38.8 Å². The second-order valence-electron chi connectivity index (χ2n) is 5.92. The number of likely N-dealkylation sites (tertiary alicyclic amines) is 1. The second kappa shape index (κ2) is 5.55. The van der Waals surface area contributed by atoms with E-state index in [4.69, 9.17) is 10.5 Å². The fourth-order valence-electron chi connectivity index (χ4n) is 2.71. The van der Waals surface area contributed by atoms with Crippen LogP contribution in [0.15, 0.2) is 0 Å². The zero-order valence-electron chi connectivity index (χ0n) is 11.4. The van der Waals surface area contributed by atoms with Gasteiger partial charge in [-0.15, -0.1) is 0 Å². The predicted molar refractivity (Wildman–Crippen MR) is 70.2 cm³/mol. The predicted octanol–water partition coefficient (Wildman–Crippen LogP) is -0.0493. The number of rotatable bonds is 4. The highest BCUT2D eigenvalue weighted by Gasteiger charge is 2.44. The van der Waals surface area contributed by atoms with Gasteiger partial charge in [-0.2, -0.15) is 0 Å². The van der Waals surface area contributed by atoms with Crippen molar-refractivity contribution < 1.29 is 9.53 Å². The molecule has 2 rings (SSSR count). The zero-order valence-corrected chi connectivity index (χ0v) is 11.4. The van der Waals surface area contributed by atoms with Crippen molar-refractivity contribution in [1.29, 1.82) is 0 Å². The summed E-state index contributed by atoms with van der Waals surface area (Å²) in [7, 11) is 0. The van der Waals surface area contributed by atoms with E-state index in [0.29, 0.717) is 13.2 Å². The first-order chi connectivity index (χ1) is 8.52. The molecule has 0 aromatic carbocycles. The van der Waals surface area contributed by atoms with E-state index in [1.807, 2.05) is 6.92 Å². The molecule has 2 saturated heterocycles. The van der Waals surface area contributed by atoms with Gasteiger partial charge in [-0.25, -0.2) is 0 Å². The Kier molecular flexibility index (Phi) is 4.25. The number of hydrogen-bond donors (Lipinski definition) is 2. The van der Waals surface area contributed by atoms with Crippen LogP contribution in [-0.2, 0) is 9.53 Å². The average Bonchev–Trinajstić information content (AvgIpc) is 2.91. The lowest BCUT2D eigenvalue weighted by molar-refractivity contribution is -0.131. The largest absolute Gasteiger partial charge is 0.379 e. The Morgan fingerprint density at radius 2 is 2.22 bits per heavy atom. The standard InChI is InChI=1S/C13H25N3O2/c1-10(7-16-5-3-4-6-16)15-12(17)13(2)9-18-8-11(13)14/h10-11H,3-9,14H2,1-2H3,(H,15,17). The fraction of sp³-hybridized carbons (Fsp3) is 0.923. The normalized spacial score (nSPS) is 34.7. The topological polar surface area (TPSA) is 67.6 Å². The van der Waals surface area contributed by atoms with E-state index < -0.39 is 5.41 Å². The Hall–Kier alpha value is -0.650. The minimum Gasteiger partial charge on any atom is -0.379 e. The van der Waals surface area contributed by atoms with Crippen LogP contribution in [0.3, 0.4) is 0 Å². The molecule has 0 aromatic rings. The van der Waals surface area contributed by atoms with Crippen molar-refractivity contribution in [2.75, 3.05) is 32.8 Å². The van der Waals surface area contributed by atoms with E-state index in [0.717, 1.165) is 19.6 Å². The molecule has 3 atom stereocenters. The summed E-state index contributed by atoms with van der Waals surface area (Å²) in [4.78, 5) is 14.7. The third-order valence-corrected chi connectivity index (χ3v) is 4.14. The van der Waals surface area contributed by atoms with Crippen LogP contribution in [-0.4, -0.2) is 55.7 Å². The van der Waals surface area contributed by atoms with Gasteiger partial charge >= 0.3 is 0 Å². The number of hydrogen-bond acceptors (Lipinski definition) is 4. The van der Waals surface area contributed by atoms with Gasteiger partial charge in [0.05, 0.1) is 18.6 Å². The molecule has 0 aromatic heterocycles. The molecular weight excluding hydrogens is 230 g/mol. The SMILES string of the molecule is CC(CN1CCCC1)NC(=O)C1(C)COCC1N. The molecule has 0 saturated carbocycles. The number of nitrogens with two attached hydrogens (primary N) is 1. The van der Waals surface area contributed by atoms with Crippen LogP contribution in [0, 0.1) is 5.41 Å². The van der Waals surface area contributed by atoms with Crippen LogP contribution in [0.25, 0.3) is 0 Å². The lowest BCUT2D eigenvalue weighted by atomic mass is 9.84. The second-order valence-corrected chi connectivity index (χ2v) is 5.92. The molecule has 5 heteroatoms. The number of nitrogens with zero attached hydrogens (tertiary/aromatic N) is 1. The Labute approximate surface area is 109 Å². The smallest absolute Gasteiger partial charge is 0.230 e. The summed E-state index contributed by atoms with van der Waals surface area (Å²) in [5.74, 6) is 0.0270. The van der Waals surface area contributed by atoms with Gasteiger partial charge in [-0.05, 0) is 39.8 Å². The van der Waals surface area contributed by atoms with Crippen molar-refractivity contribution in [2.24, 2.45) is 11.1 Å². The van der Waals surface area contributed by atoms with E-state index in [2.05, 4.69) is 17.1 Å². The highest BCUT2D eigenvalue weighted by Crippen LogP contribution is 2.27. The van der Waals surface area contributed by atoms with Crippen LogP contribution in [0.2, 0.25) is 0 Å². The van der Waals surface area contributed by atoms with Crippen molar-refractivity contribution in [3.05, 3.63) is 0 Å². The molecule has 2 heterocycles. The molecule has 0 bridgehead atoms. The lowest BCUT2D eigenvalue weighted by Crippen LogP contribution is -2.53. The van der Waals surface area contributed by atoms with Crippen molar-refractivity contribution in [3.8, 4) is 0 Å². The molecule has 2 aliphatic rings. The summed E-state index contributed by atoms with van der Waals surface area (Å²) in [5, 5.41) is 3.08. The van der Waals surface area contributed by atoms with E-state index in [1.165, 1.54) is 12.8 Å². The van der Waals surface area contributed by atoms with Gasteiger partial charge in [-0.1, -0.05) is 0 Å². The summed E-state index contributed by atoms with van der Waals surface area (Å²) < 4.78 is 5.31. The maximum absolute atomic E-state index is 12.3. The molecule has 5 nitrogen and oxygen atoms in total. The first kappa shape index (κ1) is 13.8. The summed E-state index contributed by atoms with van der Waals surface area (Å²) >= 11 is 0. The molecular formula is C13H25N3O2. The van der Waals surface area contributed by atoms with Crippen LogP contribution >= 0.6 is 0 Å². The van der Waals surface area contributed by atoms with Crippen LogP contribution in [0.1, 0.15) is 26.7 Å². The minimum atomic E-state index is -0.570. The Bertz CT molecular complexity index is 305. The van der Waals surface area contributed by atoms with E-state index in [1.54, 1.807) is 0 Å². The average molecular weight is 255 g/mol. The summed E-state index contributed by atoms with van der Waals surface area (Å²) in [6, 6.07) is -0.0308. The van der Waals surface area contributed by atoms with Gasteiger partial charge in [0.2, 0.25) is 5.91 Å². The lowest BCUT2D eigenvalue weighted by Gasteiger charge is -2.29. The van der Waals surface area contributed by atoms with Gasteiger partial charge in [0, 0.05) is 18.6 Å². The van der Waals surface area contributed by atoms with E-state index >= 15 is 0 Å². The molecule has 0 spiro atoms. The molecule has 3 N–H and O–H groups in total. The molecule has 104 valence electrons. The highest BCUT2D eigenvalue weighted by atomic mass is 16.5. The Morgan fingerprint density at radius 3 is 2.78 bits per heavy atom. The van der Waals surface area contributed by atoms with Gasteiger partial charge in [0.25, 0.3) is 0 Å². The van der Waals surface area contributed by atoms with Gasteiger partial charge < -0.3 is 20.7 Å². The van der Waals surface area contributed by atoms with Gasteiger partial charge in [-0.3, -0.25) is 4.79 Å². The minimum absolute atomic E-state index is 0.0270. The third kappa shape index (κ3) is 2.84. The number of ether oxygens (including phenoxy) is 1. The van der Waals surface area contributed by atoms with Gasteiger partial charge in [0.1, 0.15) is 0 Å². The van der Waals surface area contributed by atoms with E-state index in [-0.39, 0.29) is 18.0 Å². The van der Waals surface area contributed by atoms with Crippen molar-refractivity contribution in [3.63, 3.8) is 0 Å². The zero-order chi connectivity index (χ0) is 13.2. The first-order valence-electron chi connectivity index (χ1n) is 6.89. The molecule has 2 fully saturated rings. The summed E-state index contributed by atoms with van der Waals surface area (Å²) in [5.41, 5.74) is 5.39. The van der Waals surface area contributed by atoms with Crippen LogP contribution in [0.5, 0.6) is 0 Å². The molecule has 2 aliphatic heterocycles. The van der Waals surface area contributed by atoms with Crippen molar-refractivity contribution in [1.82, 2.24) is 10.2 Å². The Balaban J connectivity index is 1.82. The monoisotopic (exact) mass is 255 g/mol. The number of nitrogens with one attached hydrogen (secondary N) is 1. The molecule has 0 radical (unpaired) electrons. The van der Waals surface area contributed by atoms with E-state index in [9.17, 15) is 4.79 Å². The maximum Gasteiger partial charge on any atom is 0.230 e. The maximum atomic E-state index is 12.3. The molecule has 3 unspecified atom stereocenters. The third-order valence-electron chi connectivity index (χ3n) is 4.14. The van der Waals surface area contributed by atoms with Crippen LogP contribution < -0.4 is 11.1 Å². The number of amides is 1. The number of carbonyl (C=O) groups is 1. The Morgan fingerprint density at radius 1 is 1.56 bits per heavy atom.